The summed E-state index contributed by atoms with van der Waals surface area (Å²) in [5.74, 6) is 0. The first-order chi connectivity index (χ1) is 13.7. The summed E-state index contributed by atoms with van der Waals surface area (Å²) < 4.78 is 5.25. The van der Waals surface area contributed by atoms with Gasteiger partial charge in [-0.25, -0.2) is 4.79 Å². The van der Waals surface area contributed by atoms with E-state index in [1.165, 1.54) is 0 Å². The van der Waals surface area contributed by atoms with E-state index in [-0.39, 0.29) is 13.2 Å². The van der Waals surface area contributed by atoms with Crippen LogP contribution >= 0.6 is 11.6 Å². The van der Waals surface area contributed by atoms with E-state index < -0.39 is 11.7 Å². The number of hydrogen-bond acceptors (Lipinski definition) is 5. The van der Waals surface area contributed by atoms with Gasteiger partial charge in [-0.1, -0.05) is 17.7 Å². The Morgan fingerprint density at radius 1 is 1.14 bits per heavy atom. The molecule has 0 fully saturated rings. The highest BCUT2D eigenvalue weighted by Crippen LogP contribution is 2.20. The van der Waals surface area contributed by atoms with Crippen LogP contribution in [-0.4, -0.2) is 26.8 Å². The molecule has 0 saturated carbocycles. The first-order valence-electron chi connectivity index (χ1n) is 9.32. The van der Waals surface area contributed by atoms with Crippen molar-refractivity contribution in [2.24, 2.45) is 0 Å². The number of aliphatic hydroxyl groups is 1. The molecular formula is C22H24ClN3O3. The predicted octanol–water partition coefficient (Wildman–Crippen LogP) is 4.39. The smallest absolute Gasteiger partial charge is 0.407 e. The Bertz CT molecular complexity index is 1030. The number of carbonyl (C=O) groups is 1. The number of halogens is 1. The molecule has 2 N–H and O–H groups in total. The fraction of sp³-hybridized carbons (Fsp3) is 0.318. The Kier molecular flexibility index (Phi) is 6.35. The number of fused-ring (bicyclic) bond motifs is 1. The van der Waals surface area contributed by atoms with E-state index in [0.29, 0.717) is 17.1 Å². The Balaban J connectivity index is 1.77. The molecule has 0 aliphatic heterocycles. The maximum Gasteiger partial charge on any atom is 0.407 e. The van der Waals surface area contributed by atoms with Crippen LogP contribution in [0, 0.1) is 0 Å². The molecule has 3 rings (SSSR count). The van der Waals surface area contributed by atoms with Crippen LogP contribution in [0.2, 0.25) is 5.02 Å². The monoisotopic (exact) mass is 413 g/mol. The number of nitrogens with zero attached hydrogens (tertiary/aromatic N) is 2. The highest BCUT2D eigenvalue weighted by atomic mass is 35.5. The lowest BCUT2D eigenvalue weighted by atomic mass is 10.0. The van der Waals surface area contributed by atoms with Crippen molar-refractivity contribution in [3.8, 4) is 0 Å². The highest BCUT2D eigenvalue weighted by Gasteiger charge is 2.16. The van der Waals surface area contributed by atoms with Crippen molar-refractivity contribution in [3.63, 3.8) is 0 Å². The summed E-state index contributed by atoms with van der Waals surface area (Å²) in [6.07, 6.45) is 1.70. The van der Waals surface area contributed by atoms with Gasteiger partial charge in [0.15, 0.2) is 0 Å². The number of aromatic nitrogens is 2. The van der Waals surface area contributed by atoms with Crippen molar-refractivity contribution >= 4 is 28.6 Å². The van der Waals surface area contributed by atoms with Gasteiger partial charge in [0.1, 0.15) is 5.60 Å². The largest absolute Gasteiger partial charge is 0.444 e. The number of alkyl carbamates (subject to hydrolysis) is 1. The first kappa shape index (κ1) is 21.0. The second kappa shape index (κ2) is 8.76. The number of hydrogen-bond donors (Lipinski definition) is 2. The van der Waals surface area contributed by atoms with Crippen molar-refractivity contribution in [2.45, 2.75) is 45.9 Å². The molecular weight excluding hydrogens is 390 g/mol. The summed E-state index contributed by atoms with van der Waals surface area (Å²) in [4.78, 5) is 20.8. The van der Waals surface area contributed by atoms with E-state index >= 15 is 0 Å². The van der Waals surface area contributed by atoms with Crippen LogP contribution in [0.25, 0.3) is 10.9 Å². The lowest BCUT2D eigenvalue weighted by molar-refractivity contribution is 0.0523. The van der Waals surface area contributed by atoms with Crippen molar-refractivity contribution in [1.82, 2.24) is 15.3 Å². The number of pyridine rings is 2. The molecule has 3 aromatic rings. The van der Waals surface area contributed by atoms with Crippen LogP contribution in [-0.2, 0) is 24.3 Å². The van der Waals surface area contributed by atoms with Gasteiger partial charge in [0, 0.05) is 23.7 Å². The molecule has 0 saturated heterocycles. The summed E-state index contributed by atoms with van der Waals surface area (Å²) in [7, 11) is 0. The molecule has 0 bridgehead atoms. The molecule has 0 aliphatic carbocycles. The standard InChI is InChI=1S/C22H24ClN3O3/c1-22(2,3)29-21(28)25-12-19-9-15(13-27)8-18(26-19)7-14-4-5-20-16(6-14)10-17(23)11-24-20/h4-6,8-11,27H,7,12-13H2,1-3H3,(H,25,28). The van der Waals surface area contributed by atoms with Gasteiger partial charge >= 0.3 is 6.09 Å². The van der Waals surface area contributed by atoms with Crippen LogP contribution in [0.15, 0.2) is 42.6 Å². The van der Waals surface area contributed by atoms with Crippen LogP contribution in [0.3, 0.4) is 0 Å². The van der Waals surface area contributed by atoms with Gasteiger partial charge in [-0.15, -0.1) is 0 Å². The van der Waals surface area contributed by atoms with Gasteiger partial charge in [-0.05, 0) is 62.2 Å². The zero-order chi connectivity index (χ0) is 21.0. The Hall–Kier alpha value is -2.70. The highest BCUT2D eigenvalue weighted by molar-refractivity contribution is 6.31. The van der Waals surface area contributed by atoms with Crippen molar-refractivity contribution in [3.05, 3.63) is 70.1 Å². The third-order valence-corrected chi connectivity index (χ3v) is 4.29. The molecule has 1 amide bonds. The van der Waals surface area contributed by atoms with E-state index in [9.17, 15) is 9.90 Å². The summed E-state index contributed by atoms with van der Waals surface area (Å²) in [5.41, 5.74) is 3.55. The predicted molar refractivity (Wildman–Crippen MR) is 113 cm³/mol. The van der Waals surface area contributed by atoms with E-state index in [2.05, 4.69) is 15.3 Å². The molecule has 152 valence electrons. The van der Waals surface area contributed by atoms with Crippen molar-refractivity contribution in [1.29, 1.82) is 0 Å². The molecule has 0 atom stereocenters. The quantitative estimate of drug-likeness (QED) is 0.648. The fourth-order valence-corrected chi connectivity index (χ4v) is 3.11. The third kappa shape index (κ3) is 6.14. The summed E-state index contributed by atoms with van der Waals surface area (Å²) in [6, 6.07) is 11.5. The van der Waals surface area contributed by atoms with Crippen molar-refractivity contribution in [2.75, 3.05) is 0 Å². The lowest BCUT2D eigenvalue weighted by Crippen LogP contribution is -2.32. The molecule has 6 nitrogen and oxygen atoms in total. The Labute approximate surface area is 174 Å². The SMILES string of the molecule is CC(C)(C)OC(=O)NCc1cc(CO)cc(Cc2ccc3ncc(Cl)cc3c2)n1. The average molecular weight is 414 g/mol. The molecule has 2 heterocycles. The Morgan fingerprint density at radius 3 is 2.62 bits per heavy atom. The number of rotatable bonds is 5. The van der Waals surface area contributed by atoms with Gasteiger partial charge < -0.3 is 15.2 Å². The minimum atomic E-state index is -0.566. The van der Waals surface area contributed by atoms with Crippen LogP contribution in [0.5, 0.6) is 0 Å². The van der Waals surface area contributed by atoms with E-state index in [0.717, 1.165) is 27.7 Å². The fourth-order valence-electron chi connectivity index (χ4n) is 2.94. The second-order valence-electron chi connectivity index (χ2n) is 7.83. The van der Waals surface area contributed by atoms with Crippen LogP contribution in [0.1, 0.15) is 43.3 Å². The molecule has 2 aromatic heterocycles. The summed E-state index contributed by atoms with van der Waals surface area (Å²) >= 11 is 6.04. The number of ether oxygens (including phenoxy) is 1. The number of carbonyl (C=O) groups excluding carboxylic acids is 1. The lowest BCUT2D eigenvalue weighted by Gasteiger charge is -2.19. The summed E-state index contributed by atoms with van der Waals surface area (Å²) in [5, 5.41) is 13.8. The zero-order valence-corrected chi connectivity index (χ0v) is 17.5. The zero-order valence-electron chi connectivity index (χ0n) is 16.7. The van der Waals surface area contributed by atoms with Gasteiger partial charge in [0.2, 0.25) is 0 Å². The van der Waals surface area contributed by atoms with Gasteiger partial charge in [0.25, 0.3) is 0 Å². The molecule has 7 heteroatoms. The number of nitrogens with one attached hydrogen (secondary N) is 1. The van der Waals surface area contributed by atoms with Gasteiger partial charge in [-0.2, -0.15) is 0 Å². The average Bonchev–Trinajstić information content (AvgIpc) is 2.64. The minimum Gasteiger partial charge on any atom is -0.444 e. The second-order valence-corrected chi connectivity index (χ2v) is 8.27. The third-order valence-electron chi connectivity index (χ3n) is 4.08. The maximum atomic E-state index is 11.9. The topological polar surface area (TPSA) is 84.3 Å². The molecule has 0 radical (unpaired) electrons. The van der Waals surface area contributed by atoms with Gasteiger partial charge in [-0.3, -0.25) is 9.97 Å². The molecule has 29 heavy (non-hydrogen) atoms. The number of benzene rings is 1. The molecule has 0 spiro atoms. The van der Waals surface area contributed by atoms with Crippen LogP contribution < -0.4 is 5.32 Å². The van der Waals surface area contributed by atoms with E-state index in [1.807, 2.05) is 51.1 Å². The molecule has 1 aromatic carbocycles. The minimum absolute atomic E-state index is 0.105. The van der Waals surface area contributed by atoms with Crippen LogP contribution in [0.4, 0.5) is 4.79 Å². The molecule has 0 unspecified atom stereocenters. The maximum absolute atomic E-state index is 11.9. The van der Waals surface area contributed by atoms with E-state index in [1.54, 1.807) is 12.3 Å². The van der Waals surface area contributed by atoms with E-state index in [4.69, 9.17) is 16.3 Å². The number of amides is 1. The van der Waals surface area contributed by atoms with Crippen molar-refractivity contribution < 1.29 is 14.6 Å². The normalized spacial score (nSPS) is 11.5. The van der Waals surface area contributed by atoms with Gasteiger partial charge in [0.05, 0.1) is 29.4 Å². The first-order valence-corrected chi connectivity index (χ1v) is 9.70. The molecule has 0 aliphatic rings. The Morgan fingerprint density at radius 2 is 1.90 bits per heavy atom. The summed E-state index contributed by atoms with van der Waals surface area (Å²) in [6.45, 7) is 5.53. The number of aliphatic hydroxyl groups excluding tert-OH is 1.